The second kappa shape index (κ2) is 4.51. The van der Waals surface area contributed by atoms with E-state index < -0.39 is 0 Å². The van der Waals surface area contributed by atoms with E-state index in [1.807, 2.05) is 42.5 Å². The van der Waals surface area contributed by atoms with Gasteiger partial charge in [-0.15, -0.1) is 0 Å². The number of rotatable bonds is 3. The van der Waals surface area contributed by atoms with Crippen LogP contribution in [0.2, 0.25) is 0 Å². The maximum absolute atomic E-state index is 5.55. The molecule has 1 heterocycles. The summed E-state index contributed by atoms with van der Waals surface area (Å²) in [5, 5.41) is 0. The molecule has 0 radical (unpaired) electrons. The molecule has 1 aromatic rings. The first-order chi connectivity index (χ1) is 6.95. The molecule has 2 heteroatoms. The van der Waals surface area contributed by atoms with Crippen molar-refractivity contribution in [2.45, 2.75) is 6.61 Å². The van der Waals surface area contributed by atoms with Crippen LogP contribution in [-0.2, 0) is 16.1 Å². The van der Waals surface area contributed by atoms with Crippen molar-refractivity contribution in [1.29, 1.82) is 0 Å². The second-order valence-corrected chi connectivity index (χ2v) is 3.05. The van der Waals surface area contributed by atoms with E-state index in [4.69, 9.17) is 9.47 Å². The van der Waals surface area contributed by atoms with Crippen molar-refractivity contribution >= 4 is 0 Å². The zero-order chi connectivity index (χ0) is 9.64. The van der Waals surface area contributed by atoms with Gasteiger partial charge in [-0.3, -0.25) is 0 Å². The molecular weight excluding hydrogens is 176 g/mol. The van der Waals surface area contributed by atoms with E-state index in [0.717, 1.165) is 5.76 Å². The molecule has 0 bridgehead atoms. The third-order valence-electron chi connectivity index (χ3n) is 1.95. The van der Waals surface area contributed by atoms with Crippen molar-refractivity contribution in [2.75, 3.05) is 6.61 Å². The Kier molecular flexibility index (Phi) is 2.86. The quantitative estimate of drug-likeness (QED) is 0.726. The Labute approximate surface area is 83.5 Å². The van der Waals surface area contributed by atoms with Crippen molar-refractivity contribution in [3.63, 3.8) is 0 Å². The molecule has 0 atom stereocenters. The average molecular weight is 188 g/mol. The summed E-state index contributed by atoms with van der Waals surface area (Å²) in [5.74, 6) is 0.872. The van der Waals surface area contributed by atoms with Crippen LogP contribution in [0.3, 0.4) is 0 Å². The summed E-state index contributed by atoms with van der Waals surface area (Å²) in [6.07, 6.45) is 5.42. The second-order valence-electron chi connectivity index (χ2n) is 3.05. The van der Waals surface area contributed by atoms with Crippen LogP contribution >= 0.6 is 0 Å². The van der Waals surface area contributed by atoms with E-state index >= 15 is 0 Å². The van der Waals surface area contributed by atoms with Crippen LogP contribution in [0.4, 0.5) is 0 Å². The minimum atomic E-state index is 0.531. The van der Waals surface area contributed by atoms with E-state index in [1.165, 1.54) is 5.56 Å². The Hall–Kier alpha value is -1.70. The SMILES string of the molecule is C1=COCC(OCc2ccccc2)=C1. The molecule has 0 saturated carbocycles. The predicted octanol–water partition coefficient (Wildman–Crippen LogP) is 2.63. The van der Waals surface area contributed by atoms with Gasteiger partial charge in [-0.1, -0.05) is 30.3 Å². The number of ether oxygens (including phenoxy) is 2. The van der Waals surface area contributed by atoms with Crippen LogP contribution < -0.4 is 0 Å². The third-order valence-corrected chi connectivity index (χ3v) is 1.95. The number of benzene rings is 1. The molecular formula is C12H12O2. The Morgan fingerprint density at radius 1 is 1.21 bits per heavy atom. The van der Waals surface area contributed by atoms with E-state index in [-0.39, 0.29) is 0 Å². The largest absolute Gasteiger partial charge is 0.493 e. The van der Waals surface area contributed by atoms with Gasteiger partial charge in [0.15, 0.2) is 0 Å². The molecule has 2 rings (SSSR count). The van der Waals surface area contributed by atoms with Crippen LogP contribution in [-0.4, -0.2) is 6.61 Å². The van der Waals surface area contributed by atoms with Crippen molar-refractivity contribution in [3.8, 4) is 0 Å². The van der Waals surface area contributed by atoms with E-state index in [1.54, 1.807) is 6.26 Å². The van der Waals surface area contributed by atoms with Gasteiger partial charge in [-0.05, 0) is 17.7 Å². The van der Waals surface area contributed by atoms with Gasteiger partial charge < -0.3 is 9.47 Å². The normalized spacial score (nSPS) is 14.4. The molecule has 1 aliphatic heterocycles. The molecule has 0 saturated heterocycles. The maximum Gasteiger partial charge on any atom is 0.144 e. The van der Waals surface area contributed by atoms with Gasteiger partial charge in [0.05, 0.1) is 6.26 Å². The number of hydrogen-bond donors (Lipinski definition) is 0. The first kappa shape index (κ1) is 8.88. The summed E-state index contributed by atoms with van der Waals surface area (Å²) >= 11 is 0. The fraction of sp³-hybridized carbons (Fsp3) is 0.167. The molecule has 2 nitrogen and oxygen atoms in total. The zero-order valence-electron chi connectivity index (χ0n) is 7.85. The lowest BCUT2D eigenvalue weighted by Crippen LogP contribution is -2.02. The van der Waals surface area contributed by atoms with Gasteiger partial charge in [0.2, 0.25) is 0 Å². The standard InChI is InChI=1S/C12H12O2/c1-2-5-11(6-3-1)9-14-12-7-4-8-13-10-12/h1-8H,9-10H2. The third kappa shape index (κ3) is 2.39. The zero-order valence-corrected chi connectivity index (χ0v) is 7.85. The summed E-state index contributed by atoms with van der Waals surface area (Å²) in [4.78, 5) is 0. The molecule has 0 fully saturated rings. The van der Waals surface area contributed by atoms with Gasteiger partial charge in [0.25, 0.3) is 0 Å². The Balaban J connectivity index is 1.88. The first-order valence-corrected chi connectivity index (χ1v) is 4.59. The molecule has 1 aliphatic rings. The molecule has 0 N–H and O–H groups in total. The minimum Gasteiger partial charge on any atom is -0.493 e. The highest BCUT2D eigenvalue weighted by molar-refractivity contribution is 5.15. The van der Waals surface area contributed by atoms with Crippen LogP contribution in [0.15, 0.2) is 54.5 Å². The van der Waals surface area contributed by atoms with E-state index in [9.17, 15) is 0 Å². The summed E-state index contributed by atoms with van der Waals surface area (Å²) < 4.78 is 10.7. The average Bonchev–Trinajstić information content (AvgIpc) is 2.29. The minimum absolute atomic E-state index is 0.531. The van der Waals surface area contributed by atoms with Crippen molar-refractivity contribution in [2.24, 2.45) is 0 Å². The molecule has 0 spiro atoms. The van der Waals surface area contributed by atoms with Gasteiger partial charge in [-0.2, -0.15) is 0 Å². The van der Waals surface area contributed by atoms with E-state index in [2.05, 4.69) is 0 Å². The molecule has 0 amide bonds. The molecule has 0 unspecified atom stereocenters. The molecule has 0 aromatic heterocycles. The van der Waals surface area contributed by atoms with Crippen molar-refractivity contribution in [3.05, 3.63) is 60.1 Å². The highest BCUT2D eigenvalue weighted by atomic mass is 16.5. The molecule has 1 aromatic carbocycles. The molecule has 72 valence electrons. The lowest BCUT2D eigenvalue weighted by molar-refractivity contribution is 0.137. The lowest BCUT2D eigenvalue weighted by Gasteiger charge is -2.12. The van der Waals surface area contributed by atoms with Crippen molar-refractivity contribution in [1.82, 2.24) is 0 Å². The van der Waals surface area contributed by atoms with Gasteiger partial charge in [0, 0.05) is 0 Å². The van der Waals surface area contributed by atoms with Crippen LogP contribution in [0, 0.1) is 0 Å². The highest BCUT2D eigenvalue weighted by Gasteiger charge is 2.00. The fourth-order valence-corrected chi connectivity index (χ4v) is 1.22. The van der Waals surface area contributed by atoms with Gasteiger partial charge >= 0.3 is 0 Å². The fourth-order valence-electron chi connectivity index (χ4n) is 1.22. The van der Waals surface area contributed by atoms with Crippen LogP contribution in [0.1, 0.15) is 5.56 Å². The lowest BCUT2D eigenvalue weighted by atomic mass is 10.2. The summed E-state index contributed by atoms with van der Waals surface area (Å²) in [5.41, 5.74) is 1.17. The monoisotopic (exact) mass is 188 g/mol. The maximum atomic E-state index is 5.55. The van der Waals surface area contributed by atoms with Crippen molar-refractivity contribution < 1.29 is 9.47 Å². The summed E-state index contributed by atoms with van der Waals surface area (Å²) in [6, 6.07) is 10.1. The molecule has 14 heavy (non-hydrogen) atoms. The topological polar surface area (TPSA) is 18.5 Å². The highest BCUT2D eigenvalue weighted by Crippen LogP contribution is 2.09. The van der Waals surface area contributed by atoms with Gasteiger partial charge in [0.1, 0.15) is 19.0 Å². The smallest absolute Gasteiger partial charge is 0.144 e. The Morgan fingerprint density at radius 2 is 2.07 bits per heavy atom. The van der Waals surface area contributed by atoms with Gasteiger partial charge in [-0.25, -0.2) is 0 Å². The number of hydrogen-bond acceptors (Lipinski definition) is 2. The van der Waals surface area contributed by atoms with Crippen LogP contribution in [0.5, 0.6) is 0 Å². The van der Waals surface area contributed by atoms with Crippen LogP contribution in [0.25, 0.3) is 0 Å². The first-order valence-electron chi connectivity index (χ1n) is 4.59. The van der Waals surface area contributed by atoms with E-state index in [0.29, 0.717) is 13.2 Å². The number of allylic oxidation sites excluding steroid dienone is 2. The predicted molar refractivity (Wildman–Crippen MR) is 54.4 cm³/mol. The molecule has 0 aliphatic carbocycles. The Morgan fingerprint density at radius 3 is 2.79 bits per heavy atom. The Bertz CT molecular complexity index is 339. The summed E-state index contributed by atoms with van der Waals surface area (Å²) in [6.45, 7) is 1.13. The summed E-state index contributed by atoms with van der Waals surface area (Å²) in [7, 11) is 0.